The lowest BCUT2D eigenvalue weighted by molar-refractivity contribution is -0.145. The zero-order valence-corrected chi connectivity index (χ0v) is 19.9. The Labute approximate surface area is 194 Å². The third-order valence-electron chi connectivity index (χ3n) is 5.30. The van der Waals surface area contributed by atoms with Crippen molar-refractivity contribution in [2.24, 2.45) is 0 Å². The molecule has 1 saturated heterocycles. The fraction of sp³-hybridized carbons (Fsp3) is 0.417. The van der Waals surface area contributed by atoms with E-state index in [4.69, 9.17) is 9.47 Å². The molecule has 9 heteroatoms. The first-order chi connectivity index (χ1) is 15.7. The zero-order chi connectivity index (χ0) is 24.0. The van der Waals surface area contributed by atoms with Crippen LogP contribution in [0.15, 0.2) is 59.5 Å². The SMILES string of the molecule is CCOC(=O)C(Cc1ccccc1)NC(=O)c1ccc(S(=O)(=O)N2CC(C)OC(C)C2)cc1. The molecule has 0 saturated carbocycles. The molecular weight excluding hydrogens is 444 g/mol. The van der Waals surface area contributed by atoms with Gasteiger partial charge in [-0.05, 0) is 50.6 Å². The molecule has 8 nitrogen and oxygen atoms in total. The molecule has 1 heterocycles. The van der Waals surface area contributed by atoms with Crippen LogP contribution in [0.2, 0.25) is 0 Å². The van der Waals surface area contributed by atoms with Gasteiger partial charge in [-0.25, -0.2) is 13.2 Å². The molecule has 1 aliphatic heterocycles. The van der Waals surface area contributed by atoms with E-state index in [-0.39, 0.29) is 48.8 Å². The van der Waals surface area contributed by atoms with E-state index >= 15 is 0 Å². The average Bonchev–Trinajstić information content (AvgIpc) is 2.79. The molecule has 1 fully saturated rings. The van der Waals surface area contributed by atoms with E-state index < -0.39 is 27.9 Å². The molecule has 178 valence electrons. The van der Waals surface area contributed by atoms with Crippen LogP contribution in [0.1, 0.15) is 36.7 Å². The fourth-order valence-corrected chi connectivity index (χ4v) is 5.37. The number of hydrogen-bond donors (Lipinski definition) is 1. The van der Waals surface area contributed by atoms with Crippen molar-refractivity contribution in [3.63, 3.8) is 0 Å². The van der Waals surface area contributed by atoms with E-state index in [0.717, 1.165) is 5.56 Å². The van der Waals surface area contributed by atoms with Crippen molar-refractivity contribution in [2.75, 3.05) is 19.7 Å². The molecule has 1 amide bonds. The summed E-state index contributed by atoms with van der Waals surface area (Å²) in [6.07, 6.45) is -0.110. The zero-order valence-electron chi connectivity index (χ0n) is 19.1. The van der Waals surface area contributed by atoms with Gasteiger partial charge in [-0.2, -0.15) is 4.31 Å². The van der Waals surface area contributed by atoms with E-state index in [1.165, 1.54) is 28.6 Å². The van der Waals surface area contributed by atoms with Crippen molar-refractivity contribution in [3.05, 3.63) is 65.7 Å². The number of carbonyl (C=O) groups excluding carboxylic acids is 2. The molecule has 1 N–H and O–H groups in total. The van der Waals surface area contributed by atoms with Gasteiger partial charge >= 0.3 is 5.97 Å². The van der Waals surface area contributed by atoms with E-state index in [2.05, 4.69) is 5.32 Å². The molecule has 2 aromatic rings. The number of morpholine rings is 1. The van der Waals surface area contributed by atoms with Crippen LogP contribution in [0.3, 0.4) is 0 Å². The molecule has 3 unspecified atom stereocenters. The summed E-state index contributed by atoms with van der Waals surface area (Å²) in [5.74, 6) is -1.01. The van der Waals surface area contributed by atoms with Gasteiger partial charge in [-0.3, -0.25) is 4.79 Å². The lowest BCUT2D eigenvalue weighted by Gasteiger charge is -2.34. The Kier molecular flexibility index (Phi) is 8.23. The average molecular weight is 475 g/mol. The highest BCUT2D eigenvalue weighted by Gasteiger charge is 2.32. The number of carbonyl (C=O) groups is 2. The number of benzene rings is 2. The van der Waals surface area contributed by atoms with Gasteiger partial charge in [0.15, 0.2) is 0 Å². The Hall–Kier alpha value is -2.75. The largest absolute Gasteiger partial charge is 0.464 e. The summed E-state index contributed by atoms with van der Waals surface area (Å²) in [6, 6.07) is 14.2. The Balaban J connectivity index is 1.73. The first kappa shape index (κ1) is 24.9. The Morgan fingerprint density at radius 2 is 1.67 bits per heavy atom. The van der Waals surface area contributed by atoms with E-state index in [9.17, 15) is 18.0 Å². The van der Waals surface area contributed by atoms with Gasteiger partial charge in [0.1, 0.15) is 6.04 Å². The summed E-state index contributed by atoms with van der Waals surface area (Å²) in [4.78, 5) is 25.3. The van der Waals surface area contributed by atoms with Gasteiger partial charge in [0.25, 0.3) is 5.91 Å². The van der Waals surface area contributed by atoms with Gasteiger partial charge < -0.3 is 14.8 Å². The maximum atomic E-state index is 13.0. The number of rotatable bonds is 8. The minimum atomic E-state index is -3.71. The molecule has 0 spiro atoms. The van der Waals surface area contributed by atoms with Gasteiger partial charge in [0, 0.05) is 25.1 Å². The van der Waals surface area contributed by atoms with E-state index in [0.29, 0.717) is 0 Å². The lowest BCUT2D eigenvalue weighted by Crippen LogP contribution is -2.48. The van der Waals surface area contributed by atoms with E-state index in [1.54, 1.807) is 6.92 Å². The maximum absolute atomic E-state index is 13.0. The molecule has 1 aliphatic rings. The van der Waals surface area contributed by atoms with Crippen molar-refractivity contribution < 1.29 is 27.5 Å². The normalized spacial score (nSPS) is 20.1. The van der Waals surface area contributed by atoms with Crippen molar-refractivity contribution in [3.8, 4) is 0 Å². The Bertz CT molecular complexity index is 1050. The number of amides is 1. The number of esters is 1. The molecule has 0 bridgehead atoms. The molecule has 0 aliphatic carbocycles. The predicted octanol–water partition coefficient (Wildman–Crippen LogP) is 2.39. The van der Waals surface area contributed by atoms with Crippen LogP contribution in [-0.2, 0) is 30.7 Å². The predicted molar refractivity (Wildman–Crippen MR) is 123 cm³/mol. The van der Waals surface area contributed by atoms with Crippen molar-refractivity contribution in [1.29, 1.82) is 0 Å². The first-order valence-electron chi connectivity index (χ1n) is 11.0. The second-order valence-corrected chi connectivity index (χ2v) is 10.0. The third kappa shape index (κ3) is 6.40. The molecule has 33 heavy (non-hydrogen) atoms. The monoisotopic (exact) mass is 474 g/mol. The van der Waals surface area contributed by atoms with Gasteiger partial charge in [0.05, 0.1) is 23.7 Å². The summed E-state index contributed by atoms with van der Waals surface area (Å²) in [6.45, 7) is 6.12. The molecule has 0 radical (unpaired) electrons. The highest BCUT2D eigenvalue weighted by Crippen LogP contribution is 2.21. The number of nitrogens with one attached hydrogen (secondary N) is 1. The topological polar surface area (TPSA) is 102 Å². The van der Waals surface area contributed by atoms with Crippen molar-refractivity contribution in [1.82, 2.24) is 9.62 Å². The highest BCUT2D eigenvalue weighted by atomic mass is 32.2. The molecule has 2 aromatic carbocycles. The third-order valence-corrected chi connectivity index (χ3v) is 7.15. The maximum Gasteiger partial charge on any atom is 0.328 e. The first-order valence-corrected chi connectivity index (χ1v) is 12.4. The van der Waals surface area contributed by atoms with E-state index in [1.807, 2.05) is 44.2 Å². The van der Waals surface area contributed by atoms with Crippen LogP contribution in [0.25, 0.3) is 0 Å². The summed E-state index contributed by atoms with van der Waals surface area (Å²) >= 11 is 0. The molecular formula is C24H30N2O6S. The van der Waals surface area contributed by atoms with Crippen LogP contribution < -0.4 is 5.32 Å². The summed E-state index contributed by atoms with van der Waals surface area (Å²) in [7, 11) is -3.71. The second-order valence-electron chi connectivity index (χ2n) is 8.07. The minimum Gasteiger partial charge on any atom is -0.464 e. The van der Waals surface area contributed by atoms with Crippen molar-refractivity contribution in [2.45, 2.75) is 50.3 Å². The Morgan fingerprint density at radius 3 is 2.24 bits per heavy atom. The van der Waals surface area contributed by atoms with Crippen LogP contribution in [-0.4, -0.2) is 62.5 Å². The number of sulfonamides is 1. The van der Waals surface area contributed by atoms with Gasteiger partial charge in [0.2, 0.25) is 10.0 Å². The molecule has 0 aromatic heterocycles. The smallest absolute Gasteiger partial charge is 0.328 e. The van der Waals surface area contributed by atoms with Crippen LogP contribution in [0.5, 0.6) is 0 Å². The quantitative estimate of drug-likeness (QED) is 0.590. The molecule has 3 rings (SSSR count). The number of ether oxygens (including phenoxy) is 2. The van der Waals surface area contributed by atoms with Gasteiger partial charge in [-0.15, -0.1) is 0 Å². The van der Waals surface area contributed by atoms with Crippen LogP contribution in [0, 0.1) is 0 Å². The summed E-state index contributed by atoms with van der Waals surface area (Å²) < 4.78 is 38.2. The van der Waals surface area contributed by atoms with Gasteiger partial charge in [-0.1, -0.05) is 30.3 Å². The summed E-state index contributed by atoms with van der Waals surface area (Å²) in [5.41, 5.74) is 1.13. The Morgan fingerprint density at radius 1 is 1.06 bits per heavy atom. The standard InChI is InChI=1S/C24H30N2O6S/c1-4-31-24(28)22(14-19-8-6-5-7-9-19)25-23(27)20-10-12-21(13-11-20)33(29,30)26-15-17(2)32-18(3)16-26/h5-13,17-18,22H,4,14-16H2,1-3H3,(H,25,27). The lowest BCUT2D eigenvalue weighted by atomic mass is 10.1. The van der Waals surface area contributed by atoms with Crippen LogP contribution >= 0.6 is 0 Å². The highest BCUT2D eigenvalue weighted by molar-refractivity contribution is 7.89. The second kappa shape index (κ2) is 10.9. The number of hydrogen-bond acceptors (Lipinski definition) is 6. The van der Waals surface area contributed by atoms with Crippen LogP contribution in [0.4, 0.5) is 0 Å². The fourth-order valence-electron chi connectivity index (χ4n) is 3.78. The summed E-state index contributed by atoms with van der Waals surface area (Å²) in [5, 5.41) is 2.71. The minimum absolute atomic E-state index is 0.103. The van der Waals surface area contributed by atoms with Crippen molar-refractivity contribution >= 4 is 21.9 Å². The molecule has 3 atom stereocenters. The number of nitrogens with zero attached hydrogens (tertiary/aromatic N) is 1.